The van der Waals surface area contributed by atoms with E-state index in [1.54, 1.807) is 0 Å². The van der Waals surface area contributed by atoms with Gasteiger partial charge in [-0.1, -0.05) is 78.9 Å². The number of rotatable bonds is 4. The molecule has 6 heteroatoms. The van der Waals surface area contributed by atoms with Gasteiger partial charge < -0.3 is 13.7 Å². The Bertz CT molecular complexity index is 3580. The summed E-state index contributed by atoms with van der Waals surface area (Å²) in [6.07, 6.45) is 0. The molecule has 0 saturated heterocycles. The number of nitrogens with zero attached hydrogens (tertiary/aromatic N) is 6. The van der Waals surface area contributed by atoms with Crippen LogP contribution in [-0.4, -0.2) is 13.7 Å². The first-order valence-corrected chi connectivity index (χ1v) is 18.7. The highest BCUT2D eigenvalue weighted by Crippen LogP contribution is 2.41. The average Bonchev–Trinajstić information content (AvgIpc) is 3.91. The van der Waals surface area contributed by atoms with Gasteiger partial charge in [0.2, 0.25) is 0 Å². The third-order valence-corrected chi connectivity index (χ3v) is 11.3. The van der Waals surface area contributed by atoms with Crippen LogP contribution in [0.25, 0.3) is 93.6 Å². The lowest BCUT2D eigenvalue weighted by molar-refractivity contribution is 1.16. The first kappa shape index (κ1) is 32.1. The van der Waals surface area contributed by atoms with Crippen LogP contribution in [0.2, 0.25) is 0 Å². The largest absolute Gasteiger partial charge is 0.309 e. The van der Waals surface area contributed by atoms with Gasteiger partial charge in [0.15, 0.2) is 0 Å². The molecule has 0 radical (unpaired) electrons. The maximum Gasteiger partial charge on any atom is 0.101 e. The Hall–Kier alpha value is -8.37. The number of fused-ring (bicyclic) bond motifs is 9. The van der Waals surface area contributed by atoms with E-state index in [9.17, 15) is 15.8 Å². The van der Waals surface area contributed by atoms with Crippen molar-refractivity contribution in [2.75, 3.05) is 0 Å². The third-order valence-electron chi connectivity index (χ3n) is 11.3. The second-order valence-corrected chi connectivity index (χ2v) is 14.3. The molecule has 57 heavy (non-hydrogen) atoms. The van der Waals surface area contributed by atoms with Crippen LogP contribution < -0.4 is 0 Å². The topological polar surface area (TPSA) is 86.2 Å². The van der Waals surface area contributed by atoms with Crippen molar-refractivity contribution < 1.29 is 0 Å². The monoisotopic (exact) mass is 724 g/mol. The van der Waals surface area contributed by atoms with Crippen LogP contribution >= 0.6 is 0 Å². The zero-order valence-corrected chi connectivity index (χ0v) is 30.3. The van der Waals surface area contributed by atoms with E-state index in [4.69, 9.17) is 0 Å². The maximum absolute atomic E-state index is 10.7. The second kappa shape index (κ2) is 12.3. The van der Waals surface area contributed by atoms with Gasteiger partial charge in [0.1, 0.15) is 6.07 Å². The van der Waals surface area contributed by atoms with Gasteiger partial charge in [0, 0.05) is 43.6 Å². The summed E-state index contributed by atoms with van der Waals surface area (Å²) in [5.41, 5.74) is 12.6. The predicted octanol–water partition coefficient (Wildman–Crippen LogP) is 12.3. The summed E-state index contributed by atoms with van der Waals surface area (Å²) >= 11 is 0. The Kier molecular flexibility index (Phi) is 6.95. The van der Waals surface area contributed by atoms with Gasteiger partial charge in [-0.3, -0.25) is 0 Å². The lowest BCUT2D eigenvalue weighted by Crippen LogP contribution is -2.00. The molecular weight excluding hydrogens is 697 g/mol. The average molecular weight is 725 g/mol. The van der Waals surface area contributed by atoms with Gasteiger partial charge in [0.05, 0.1) is 73.3 Å². The summed E-state index contributed by atoms with van der Waals surface area (Å²) in [5, 5.41) is 36.7. The summed E-state index contributed by atoms with van der Waals surface area (Å²) in [7, 11) is 0. The number of aromatic nitrogens is 3. The molecule has 0 bridgehead atoms. The molecule has 11 rings (SSSR count). The molecule has 0 spiro atoms. The van der Waals surface area contributed by atoms with Crippen molar-refractivity contribution in [2.24, 2.45) is 0 Å². The van der Waals surface area contributed by atoms with Crippen molar-refractivity contribution >= 4 is 65.4 Å². The fraction of sp³-hybridized carbons (Fsp3) is 0. The number of nitriles is 3. The van der Waals surface area contributed by atoms with Crippen LogP contribution in [-0.2, 0) is 0 Å². The summed E-state index contributed by atoms with van der Waals surface area (Å²) in [5.74, 6) is 0. The SMILES string of the molecule is N#Cc1ccc2c(c1)c1ccccc1n2-c1ccc2c(c1)c1cc(C#N)ccc1n2-c1ccccc1-c1ccc(-n2c3ccccc3c3ccccc32)c(C#N)c1. The molecule has 0 fully saturated rings. The van der Waals surface area contributed by atoms with Crippen molar-refractivity contribution in [2.45, 2.75) is 0 Å². The van der Waals surface area contributed by atoms with Gasteiger partial charge in [-0.05, 0) is 96.6 Å². The number of hydrogen-bond donors (Lipinski definition) is 0. The zero-order chi connectivity index (χ0) is 38.2. The molecule has 11 aromatic rings. The van der Waals surface area contributed by atoms with Gasteiger partial charge in [-0.25, -0.2) is 0 Å². The number of para-hydroxylation sites is 4. The molecule has 8 aromatic carbocycles. The Balaban J connectivity index is 1.12. The molecule has 0 atom stereocenters. The molecule has 3 heterocycles. The molecule has 6 nitrogen and oxygen atoms in total. The molecule has 0 aliphatic heterocycles. The van der Waals surface area contributed by atoms with Crippen LogP contribution in [0, 0.1) is 34.0 Å². The van der Waals surface area contributed by atoms with Crippen LogP contribution in [0.15, 0.2) is 170 Å². The van der Waals surface area contributed by atoms with E-state index in [0.29, 0.717) is 16.7 Å². The predicted molar refractivity (Wildman–Crippen MR) is 229 cm³/mol. The summed E-state index contributed by atoms with van der Waals surface area (Å²) in [4.78, 5) is 0. The van der Waals surface area contributed by atoms with Crippen molar-refractivity contribution in [1.82, 2.24) is 13.7 Å². The van der Waals surface area contributed by atoms with Gasteiger partial charge in [-0.2, -0.15) is 15.8 Å². The van der Waals surface area contributed by atoms with Crippen molar-refractivity contribution in [3.05, 3.63) is 187 Å². The summed E-state index contributed by atoms with van der Waals surface area (Å²) in [6, 6.07) is 64.8. The van der Waals surface area contributed by atoms with Crippen molar-refractivity contribution in [1.29, 1.82) is 15.8 Å². The second-order valence-electron chi connectivity index (χ2n) is 14.3. The van der Waals surface area contributed by atoms with E-state index in [2.05, 4.69) is 123 Å². The van der Waals surface area contributed by atoms with Crippen LogP contribution in [0.1, 0.15) is 16.7 Å². The van der Waals surface area contributed by atoms with Gasteiger partial charge in [0.25, 0.3) is 0 Å². The standard InChI is InChI=1S/C51H28N6/c52-29-32-17-21-49-41(25-32)40-12-4-6-14-46(40)55(49)36-20-24-51-43(28-36)42-26-33(30-53)18-22-50(42)57(51)45-13-5-1-9-37(45)34-19-23-44(35(27-34)31-54)56-47-15-7-2-10-38(47)39-11-3-8-16-48(39)56/h1-28H. The summed E-state index contributed by atoms with van der Waals surface area (Å²) < 4.78 is 6.71. The molecule has 0 unspecified atom stereocenters. The lowest BCUT2D eigenvalue weighted by atomic mass is 10.00. The van der Waals surface area contributed by atoms with E-state index in [1.807, 2.05) is 78.9 Å². The Morgan fingerprint density at radius 3 is 1.44 bits per heavy atom. The lowest BCUT2D eigenvalue weighted by Gasteiger charge is -2.16. The summed E-state index contributed by atoms with van der Waals surface area (Å²) in [6.45, 7) is 0. The Morgan fingerprint density at radius 1 is 0.333 bits per heavy atom. The zero-order valence-electron chi connectivity index (χ0n) is 30.3. The third kappa shape index (κ3) is 4.68. The first-order chi connectivity index (χ1) is 28.1. The minimum absolute atomic E-state index is 0.576. The number of benzene rings is 8. The van der Waals surface area contributed by atoms with Gasteiger partial charge in [-0.15, -0.1) is 0 Å². The molecule has 262 valence electrons. The van der Waals surface area contributed by atoms with E-state index < -0.39 is 0 Å². The van der Waals surface area contributed by atoms with E-state index >= 15 is 0 Å². The van der Waals surface area contributed by atoms with Crippen LogP contribution in [0.5, 0.6) is 0 Å². The minimum atomic E-state index is 0.576. The Labute approximate surface area is 326 Å². The maximum atomic E-state index is 10.7. The molecule has 0 aliphatic rings. The van der Waals surface area contributed by atoms with Crippen molar-refractivity contribution in [3.63, 3.8) is 0 Å². The first-order valence-electron chi connectivity index (χ1n) is 18.7. The Morgan fingerprint density at radius 2 is 0.807 bits per heavy atom. The fourth-order valence-corrected chi connectivity index (χ4v) is 8.88. The molecule has 3 aromatic heterocycles. The highest BCUT2D eigenvalue weighted by atomic mass is 15.0. The molecule has 0 aliphatic carbocycles. The minimum Gasteiger partial charge on any atom is -0.309 e. The fourth-order valence-electron chi connectivity index (χ4n) is 8.88. The van der Waals surface area contributed by atoms with Crippen LogP contribution in [0.4, 0.5) is 0 Å². The number of hydrogen-bond acceptors (Lipinski definition) is 3. The highest BCUT2D eigenvalue weighted by Gasteiger charge is 2.20. The molecule has 0 saturated carbocycles. The van der Waals surface area contributed by atoms with Crippen LogP contribution in [0.3, 0.4) is 0 Å². The van der Waals surface area contributed by atoms with E-state index in [-0.39, 0.29) is 0 Å². The molecule has 0 N–H and O–H groups in total. The van der Waals surface area contributed by atoms with E-state index in [0.717, 1.165) is 93.6 Å². The molecular formula is C51H28N6. The van der Waals surface area contributed by atoms with E-state index in [1.165, 1.54) is 0 Å². The van der Waals surface area contributed by atoms with Gasteiger partial charge >= 0.3 is 0 Å². The quantitative estimate of drug-likeness (QED) is 0.181. The van der Waals surface area contributed by atoms with Crippen molar-refractivity contribution in [3.8, 4) is 46.4 Å². The normalized spacial score (nSPS) is 11.5. The molecule has 0 amide bonds. The smallest absolute Gasteiger partial charge is 0.101 e. The highest BCUT2D eigenvalue weighted by molar-refractivity contribution is 6.13.